The first-order valence-corrected chi connectivity index (χ1v) is 4.31. The Morgan fingerprint density at radius 2 is 1.80 bits per heavy atom. The van der Waals surface area contributed by atoms with Crippen molar-refractivity contribution in [3.63, 3.8) is 0 Å². The molecule has 0 aromatic carbocycles. The van der Waals surface area contributed by atoms with E-state index in [9.17, 15) is 9.59 Å². The largest absolute Gasteiger partial charge is 0.468 e. The van der Waals surface area contributed by atoms with E-state index in [2.05, 4.69) is 4.74 Å². The minimum Gasteiger partial charge on any atom is -0.468 e. The lowest BCUT2D eigenvalue weighted by atomic mass is 10.2. The summed E-state index contributed by atoms with van der Waals surface area (Å²) in [4.78, 5) is 22.0. The number of rotatable bonds is 3. The average Bonchev–Trinajstić information content (AvgIpc) is 1.99. The standard InChI is InChI=1S/C9H17NO4.ClH/c1-9(2,3)14-7(11)5-6(10)8(12)13-4;/h6H,5,10H2,1-4H3;1H/t6-;/m1./s1. The topological polar surface area (TPSA) is 78.6 Å². The molecule has 0 saturated heterocycles. The van der Waals surface area contributed by atoms with Crippen LogP contribution in [0.1, 0.15) is 27.2 Å². The van der Waals surface area contributed by atoms with Gasteiger partial charge in [0.05, 0.1) is 13.5 Å². The highest BCUT2D eigenvalue weighted by atomic mass is 35.5. The molecule has 0 unspecified atom stereocenters. The quantitative estimate of drug-likeness (QED) is 0.732. The van der Waals surface area contributed by atoms with Crippen LogP contribution in [0, 0.1) is 0 Å². The van der Waals surface area contributed by atoms with Gasteiger partial charge < -0.3 is 15.2 Å². The summed E-state index contributed by atoms with van der Waals surface area (Å²) >= 11 is 0. The molecule has 0 amide bonds. The number of ether oxygens (including phenoxy) is 2. The summed E-state index contributed by atoms with van der Waals surface area (Å²) in [5.41, 5.74) is 4.81. The number of hydrogen-bond donors (Lipinski definition) is 1. The van der Waals surface area contributed by atoms with Gasteiger partial charge in [-0.3, -0.25) is 9.59 Å². The molecule has 0 aliphatic heterocycles. The number of halogens is 1. The highest BCUT2D eigenvalue weighted by Gasteiger charge is 2.22. The van der Waals surface area contributed by atoms with Gasteiger partial charge in [0.2, 0.25) is 0 Å². The number of carbonyl (C=O) groups excluding carboxylic acids is 2. The van der Waals surface area contributed by atoms with Crippen molar-refractivity contribution in [2.24, 2.45) is 5.73 Å². The van der Waals surface area contributed by atoms with Gasteiger partial charge in [0, 0.05) is 0 Å². The molecule has 2 N–H and O–H groups in total. The van der Waals surface area contributed by atoms with Crippen LogP contribution in [0.3, 0.4) is 0 Å². The van der Waals surface area contributed by atoms with Crippen LogP contribution in [0.15, 0.2) is 0 Å². The lowest BCUT2D eigenvalue weighted by Crippen LogP contribution is -2.36. The fourth-order valence-electron chi connectivity index (χ4n) is 0.797. The van der Waals surface area contributed by atoms with Crippen molar-refractivity contribution < 1.29 is 19.1 Å². The Kier molecular flexibility index (Phi) is 7.35. The van der Waals surface area contributed by atoms with Gasteiger partial charge in [0.15, 0.2) is 0 Å². The second-order valence-electron chi connectivity index (χ2n) is 3.92. The highest BCUT2D eigenvalue weighted by Crippen LogP contribution is 2.08. The van der Waals surface area contributed by atoms with E-state index in [1.165, 1.54) is 7.11 Å². The van der Waals surface area contributed by atoms with Gasteiger partial charge in [0.25, 0.3) is 0 Å². The molecule has 0 radical (unpaired) electrons. The zero-order valence-corrected chi connectivity index (χ0v) is 10.2. The van der Waals surface area contributed by atoms with E-state index < -0.39 is 23.6 Å². The second-order valence-corrected chi connectivity index (χ2v) is 3.92. The number of methoxy groups -OCH3 is 1. The van der Waals surface area contributed by atoms with Crippen molar-refractivity contribution in [1.82, 2.24) is 0 Å². The predicted molar refractivity (Wildman–Crippen MR) is 57.7 cm³/mol. The van der Waals surface area contributed by atoms with E-state index in [1.54, 1.807) is 20.8 Å². The number of nitrogens with two attached hydrogens (primary N) is 1. The molecule has 15 heavy (non-hydrogen) atoms. The molecule has 0 aromatic rings. The van der Waals surface area contributed by atoms with E-state index in [0.717, 1.165) is 0 Å². The third-order valence-electron chi connectivity index (χ3n) is 1.31. The molecule has 1 atom stereocenters. The molecule has 0 saturated carbocycles. The molecule has 0 rings (SSSR count). The summed E-state index contributed by atoms with van der Waals surface area (Å²) in [5.74, 6) is -1.12. The Labute approximate surface area is 95.7 Å². The fourth-order valence-corrected chi connectivity index (χ4v) is 0.797. The van der Waals surface area contributed by atoms with Gasteiger partial charge in [-0.25, -0.2) is 0 Å². The zero-order chi connectivity index (χ0) is 11.4. The first kappa shape index (κ1) is 16.6. The van der Waals surface area contributed by atoms with Crippen LogP contribution in [0.5, 0.6) is 0 Å². The molecule has 5 nitrogen and oxygen atoms in total. The summed E-state index contributed by atoms with van der Waals surface area (Å²) in [7, 11) is 1.22. The second kappa shape index (κ2) is 6.63. The Morgan fingerprint density at radius 3 is 2.13 bits per heavy atom. The van der Waals surface area contributed by atoms with Crippen molar-refractivity contribution in [2.75, 3.05) is 7.11 Å². The maximum Gasteiger partial charge on any atom is 0.323 e. The van der Waals surface area contributed by atoms with Crippen molar-refractivity contribution in [3.05, 3.63) is 0 Å². The molecule has 0 aromatic heterocycles. The van der Waals surface area contributed by atoms with Crippen LogP contribution >= 0.6 is 12.4 Å². The Hall–Kier alpha value is -0.810. The Morgan fingerprint density at radius 1 is 1.33 bits per heavy atom. The van der Waals surface area contributed by atoms with Gasteiger partial charge in [-0.05, 0) is 20.8 Å². The van der Waals surface area contributed by atoms with Crippen molar-refractivity contribution in [1.29, 1.82) is 0 Å². The number of esters is 2. The van der Waals surface area contributed by atoms with Crippen molar-refractivity contribution in [3.8, 4) is 0 Å². The summed E-state index contributed by atoms with van der Waals surface area (Å²) in [6.07, 6.45) is -0.163. The zero-order valence-electron chi connectivity index (χ0n) is 9.40. The fraction of sp³-hybridized carbons (Fsp3) is 0.778. The van der Waals surface area contributed by atoms with Gasteiger partial charge in [-0.2, -0.15) is 0 Å². The van der Waals surface area contributed by atoms with E-state index in [0.29, 0.717) is 0 Å². The van der Waals surface area contributed by atoms with E-state index in [1.807, 2.05) is 0 Å². The summed E-state index contributed by atoms with van der Waals surface area (Å²) in [5, 5.41) is 0. The molecule has 0 fully saturated rings. The molecule has 0 spiro atoms. The smallest absolute Gasteiger partial charge is 0.323 e. The van der Waals surface area contributed by atoms with Crippen LogP contribution < -0.4 is 5.73 Å². The van der Waals surface area contributed by atoms with Gasteiger partial charge in [-0.1, -0.05) is 0 Å². The van der Waals surface area contributed by atoms with Crippen LogP contribution in [0.25, 0.3) is 0 Å². The monoisotopic (exact) mass is 239 g/mol. The molecule has 0 bridgehead atoms. The van der Waals surface area contributed by atoms with E-state index in [4.69, 9.17) is 10.5 Å². The third-order valence-corrected chi connectivity index (χ3v) is 1.31. The molecule has 0 heterocycles. The molecular formula is C9H18ClNO4. The molecule has 0 aliphatic rings. The number of hydrogen-bond acceptors (Lipinski definition) is 5. The lowest BCUT2D eigenvalue weighted by Gasteiger charge is -2.20. The Balaban J connectivity index is 0. The van der Waals surface area contributed by atoms with Crippen molar-refractivity contribution >= 4 is 24.3 Å². The molecule has 90 valence electrons. The number of carbonyl (C=O) groups is 2. The van der Waals surface area contributed by atoms with Crippen LogP contribution in [0.4, 0.5) is 0 Å². The van der Waals surface area contributed by atoms with E-state index >= 15 is 0 Å². The first-order valence-electron chi connectivity index (χ1n) is 4.31. The highest BCUT2D eigenvalue weighted by molar-refractivity contribution is 5.85. The predicted octanol–water partition coefficient (Wildman–Crippen LogP) is 0.640. The minimum atomic E-state index is -0.949. The average molecular weight is 240 g/mol. The lowest BCUT2D eigenvalue weighted by molar-refractivity contribution is -0.158. The summed E-state index contributed by atoms with van der Waals surface area (Å²) < 4.78 is 9.35. The van der Waals surface area contributed by atoms with Gasteiger partial charge >= 0.3 is 11.9 Å². The first-order chi connectivity index (χ1) is 6.26. The molecular weight excluding hydrogens is 222 g/mol. The van der Waals surface area contributed by atoms with E-state index in [-0.39, 0.29) is 18.8 Å². The van der Waals surface area contributed by atoms with Gasteiger partial charge in [-0.15, -0.1) is 12.4 Å². The normalized spacial score (nSPS) is 12.3. The third kappa shape index (κ3) is 8.20. The van der Waals surface area contributed by atoms with Crippen LogP contribution in [-0.4, -0.2) is 30.7 Å². The Bertz CT molecular complexity index is 225. The molecule has 6 heteroatoms. The van der Waals surface area contributed by atoms with Gasteiger partial charge in [0.1, 0.15) is 11.6 Å². The SMILES string of the molecule is COC(=O)[C@H](N)CC(=O)OC(C)(C)C.Cl. The van der Waals surface area contributed by atoms with Crippen LogP contribution in [-0.2, 0) is 19.1 Å². The summed E-state index contributed by atoms with van der Waals surface area (Å²) in [6, 6.07) is -0.949. The van der Waals surface area contributed by atoms with Crippen molar-refractivity contribution in [2.45, 2.75) is 38.8 Å². The maximum absolute atomic E-state index is 11.2. The molecule has 0 aliphatic carbocycles. The summed E-state index contributed by atoms with van der Waals surface area (Å²) in [6.45, 7) is 5.23. The minimum absolute atomic E-state index is 0. The maximum atomic E-state index is 11.2. The van der Waals surface area contributed by atoms with Crippen LogP contribution in [0.2, 0.25) is 0 Å².